The van der Waals surface area contributed by atoms with E-state index >= 15 is 0 Å². The van der Waals surface area contributed by atoms with Gasteiger partial charge in [0.05, 0.1) is 19.1 Å². The zero-order valence-corrected chi connectivity index (χ0v) is 6.91. The maximum atomic E-state index is 10.1. The summed E-state index contributed by atoms with van der Waals surface area (Å²) in [5.41, 5.74) is 0. The number of aliphatic carboxylic acids is 1. The van der Waals surface area contributed by atoms with Gasteiger partial charge in [0, 0.05) is 0 Å². The molecule has 0 aliphatic heterocycles. The summed E-state index contributed by atoms with van der Waals surface area (Å²) in [6.45, 7) is 4.13. The Kier molecular flexibility index (Phi) is 5.47. The SMILES string of the molecule is CC=CCOC(C)CC(=O)O. The highest BCUT2D eigenvalue weighted by molar-refractivity contribution is 5.67. The third kappa shape index (κ3) is 7.06. The van der Waals surface area contributed by atoms with Crippen LogP contribution in [0.3, 0.4) is 0 Å². The van der Waals surface area contributed by atoms with E-state index in [1.54, 1.807) is 6.92 Å². The lowest BCUT2D eigenvalue weighted by Gasteiger charge is -2.07. The molecule has 0 spiro atoms. The monoisotopic (exact) mass is 158 g/mol. The summed E-state index contributed by atoms with van der Waals surface area (Å²) < 4.78 is 5.13. The summed E-state index contributed by atoms with van der Waals surface area (Å²) in [6.07, 6.45) is 3.58. The van der Waals surface area contributed by atoms with E-state index in [4.69, 9.17) is 9.84 Å². The molecule has 0 aliphatic rings. The molecule has 0 aliphatic carbocycles. The Labute approximate surface area is 66.7 Å². The third-order valence-corrected chi connectivity index (χ3v) is 1.17. The molecule has 0 saturated heterocycles. The fourth-order valence-electron chi connectivity index (χ4n) is 0.621. The molecule has 0 aromatic carbocycles. The molecule has 0 rings (SSSR count). The lowest BCUT2D eigenvalue weighted by molar-refractivity contribution is -0.139. The van der Waals surface area contributed by atoms with E-state index in [2.05, 4.69) is 0 Å². The summed E-state index contributed by atoms with van der Waals surface area (Å²) in [4.78, 5) is 10.1. The number of allylic oxidation sites excluding steroid dienone is 1. The fraction of sp³-hybridized carbons (Fsp3) is 0.625. The van der Waals surface area contributed by atoms with Crippen LogP contribution in [-0.2, 0) is 9.53 Å². The van der Waals surface area contributed by atoms with Crippen LogP contribution in [0.1, 0.15) is 20.3 Å². The maximum Gasteiger partial charge on any atom is 0.305 e. The average molecular weight is 158 g/mol. The summed E-state index contributed by atoms with van der Waals surface area (Å²) in [5, 5.41) is 8.34. The van der Waals surface area contributed by atoms with Gasteiger partial charge in [0.25, 0.3) is 0 Å². The first-order valence-corrected chi connectivity index (χ1v) is 3.61. The fourth-order valence-corrected chi connectivity index (χ4v) is 0.621. The van der Waals surface area contributed by atoms with Gasteiger partial charge in [-0.2, -0.15) is 0 Å². The van der Waals surface area contributed by atoms with Gasteiger partial charge in [0.2, 0.25) is 0 Å². The smallest absolute Gasteiger partial charge is 0.305 e. The molecule has 64 valence electrons. The van der Waals surface area contributed by atoms with Crippen LogP contribution in [0.25, 0.3) is 0 Å². The van der Waals surface area contributed by atoms with E-state index in [1.807, 2.05) is 19.1 Å². The molecule has 1 N–H and O–H groups in total. The quantitative estimate of drug-likeness (QED) is 0.616. The van der Waals surface area contributed by atoms with Gasteiger partial charge >= 0.3 is 5.97 Å². The number of carbonyl (C=O) groups is 1. The summed E-state index contributed by atoms with van der Waals surface area (Å²) in [6, 6.07) is 0. The van der Waals surface area contributed by atoms with Gasteiger partial charge in [-0.15, -0.1) is 0 Å². The van der Waals surface area contributed by atoms with E-state index < -0.39 is 5.97 Å². The zero-order chi connectivity index (χ0) is 8.69. The first-order valence-electron chi connectivity index (χ1n) is 3.61. The van der Waals surface area contributed by atoms with Crippen molar-refractivity contribution < 1.29 is 14.6 Å². The Morgan fingerprint density at radius 2 is 2.36 bits per heavy atom. The van der Waals surface area contributed by atoms with Crippen molar-refractivity contribution in [3.8, 4) is 0 Å². The van der Waals surface area contributed by atoms with Gasteiger partial charge < -0.3 is 9.84 Å². The molecule has 0 bridgehead atoms. The van der Waals surface area contributed by atoms with Crippen molar-refractivity contribution in [1.29, 1.82) is 0 Å². The predicted octanol–water partition coefficient (Wildman–Crippen LogP) is 1.44. The van der Waals surface area contributed by atoms with Crippen LogP contribution in [0.5, 0.6) is 0 Å². The van der Waals surface area contributed by atoms with Crippen molar-refractivity contribution in [1.82, 2.24) is 0 Å². The molecular weight excluding hydrogens is 144 g/mol. The second-order valence-corrected chi connectivity index (χ2v) is 2.31. The van der Waals surface area contributed by atoms with Crippen LogP contribution < -0.4 is 0 Å². The molecule has 0 heterocycles. The van der Waals surface area contributed by atoms with Gasteiger partial charge in [0.1, 0.15) is 0 Å². The standard InChI is InChI=1S/C8H14O3/c1-3-4-5-11-7(2)6-8(9)10/h3-4,7H,5-6H2,1-2H3,(H,9,10). The highest BCUT2D eigenvalue weighted by atomic mass is 16.5. The Hall–Kier alpha value is -0.830. The first kappa shape index (κ1) is 10.2. The van der Waals surface area contributed by atoms with Gasteiger partial charge in [-0.25, -0.2) is 0 Å². The topological polar surface area (TPSA) is 46.5 Å². The van der Waals surface area contributed by atoms with Crippen molar-refractivity contribution in [2.75, 3.05) is 6.61 Å². The number of rotatable bonds is 5. The third-order valence-electron chi connectivity index (χ3n) is 1.17. The molecule has 1 unspecified atom stereocenters. The summed E-state index contributed by atoms with van der Waals surface area (Å²) >= 11 is 0. The van der Waals surface area contributed by atoms with E-state index in [0.29, 0.717) is 6.61 Å². The lowest BCUT2D eigenvalue weighted by atomic mass is 10.3. The van der Waals surface area contributed by atoms with Crippen LogP contribution in [-0.4, -0.2) is 23.8 Å². The molecule has 3 nitrogen and oxygen atoms in total. The van der Waals surface area contributed by atoms with Crippen LogP contribution >= 0.6 is 0 Å². The number of carboxylic acids is 1. The van der Waals surface area contributed by atoms with E-state index in [1.165, 1.54) is 0 Å². The number of hydrogen-bond donors (Lipinski definition) is 1. The normalized spacial score (nSPS) is 13.6. The molecule has 0 fully saturated rings. The highest BCUT2D eigenvalue weighted by Crippen LogP contribution is 1.96. The van der Waals surface area contributed by atoms with Gasteiger partial charge in [-0.3, -0.25) is 4.79 Å². The first-order chi connectivity index (χ1) is 5.16. The van der Waals surface area contributed by atoms with Crippen LogP contribution in [0, 0.1) is 0 Å². The Balaban J connectivity index is 3.36. The summed E-state index contributed by atoms with van der Waals surface area (Å²) in [7, 11) is 0. The second-order valence-electron chi connectivity index (χ2n) is 2.31. The van der Waals surface area contributed by atoms with Crippen molar-refractivity contribution >= 4 is 5.97 Å². The molecule has 0 radical (unpaired) electrons. The van der Waals surface area contributed by atoms with Crippen molar-refractivity contribution in [2.24, 2.45) is 0 Å². The molecule has 1 atom stereocenters. The zero-order valence-electron chi connectivity index (χ0n) is 6.91. The number of hydrogen-bond acceptors (Lipinski definition) is 2. The average Bonchev–Trinajstić information content (AvgIpc) is 1.86. The van der Waals surface area contributed by atoms with Crippen molar-refractivity contribution in [2.45, 2.75) is 26.4 Å². The van der Waals surface area contributed by atoms with Crippen molar-refractivity contribution in [3.05, 3.63) is 12.2 Å². The number of ether oxygens (including phenoxy) is 1. The van der Waals surface area contributed by atoms with Gasteiger partial charge in [-0.05, 0) is 13.8 Å². The van der Waals surface area contributed by atoms with Gasteiger partial charge in [-0.1, -0.05) is 12.2 Å². The largest absolute Gasteiger partial charge is 0.481 e. The Morgan fingerprint density at radius 3 is 2.82 bits per heavy atom. The van der Waals surface area contributed by atoms with Crippen LogP contribution in [0.15, 0.2) is 12.2 Å². The second kappa shape index (κ2) is 5.92. The molecule has 0 saturated carbocycles. The summed E-state index contributed by atoms with van der Waals surface area (Å²) in [5.74, 6) is -0.821. The van der Waals surface area contributed by atoms with Crippen molar-refractivity contribution in [3.63, 3.8) is 0 Å². The minimum atomic E-state index is -0.821. The van der Waals surface area contributed by atoms with Crippen LogP contribution in [0.4, 0.5) is 0 Å². The van der Waals surface area contributed by atoms with Gasteiger partial charge in [0.15, 0.2) is 0 Å². The molecule has 11 heavy (non-hydrogen) atoms. The Morgan fingerprint density at radius 1 is 1.73 bits per heavy atom. The Bertz CT molecular complexity index is 140. The molecule has 3 heteroatoms. The van der Waals surface area contributed by atoms with Crippen LogP contribution in [0.2, 0.25) is 0 Å². The molecule has 0 aromatic rings. The molecular formula is C8H14O3. The molecule has 0 aromatic heterocycles. The van der Waals surface area contributed by atoms with E-state index in [0.717, 1.165) is 0 Å². The van der Waals surface area contributed by atoms with E-state index in [-0.39, 0.29) is 12.5 Å². The minimum Gasteiger partial charge on any atom is -0.481 e. The maximum absolute atomic E-state index is 10.1. The minimum absolute atomic E-state index is 0.0670. The number of carboxylic acid groups (broad SMARTS) is 1. The molecule has 0 amide bonds. The highest BCUT2D eigenvalue weighted by Gasteiger charge is 2.05. The van der Waals surface area contributed by atoms with E-state index in [9.17, 15) is 4.79 Å². The predicted molar refractivity (Wildman–Crippen MR) is 42.5 cm³/mol. The lowest BCUT2D eigenvalue weighted by Crippen LogP contribution is -2.13.